The van der Waals surface area contributed by atoms with Crippen molar-refractivity contribution in [3.8, 4) is 11.5 Å². The predicted octanol–water partition coefficient (Wildman–Crippen LogP) is 3.86. The van der Waals surface area contributed by atoms with Crippen LogP contribution in [0.4, 0.5) is 5.69 Å². The zero-order chi connectivity index (χ0) is 19.8. The number of aryl methyl sites for hydroxylation is 1. The van der Waals surface area contributed by atoms with Crippen LogP contribution in [0.2, 0.25) is 5.02 Å². The van der Waals surface area contributed by atoms with Crippen molar-refractivity contribution in [1.29, 1.82) is 0 Å². The summed E-state index contributed by atoms with van der Waals surface area (Å²) >= 11 is 6.00. The highest BCUT2D eigenvalue weighted by Crippen LogP contribution is 2.23. The van der Waals surface area contributed by atoms with Crippen LogP contribution in [-0.4, -0.2) is 32.2 Å². The van der Waals surface area contributed by atoms with E-state index in [1.807, 2.05) is 12.1 Å². The van der Waals surface area contributed by atoms with E-state index in [9.17, 15) is 9.59 Å². The summed E-state index contributed by atoms with van der Waals surface area (Å²) in [6, 6.07) is 12.2. The van der Waals surface area contributed by atoms with E-state index in [2.05, 4.69) is 5.32 Å². The van der Waals surface area contributed by atoms with Crippen LogP contribution in [0.15, 0.2) is 42.5 Å². The maximum Gasteiger partial charge on any atom is 0.306 e. The summed E-state index contributed by atoms with van der Waals surface area (Å²) in [6.45, 7) is 1.51. The lowest BCUT2D eigenvalue weighted by Crippen LogP contribution is -2.30. The summed E-state index contributed by atoms with van der Waals surface area (Å²) in [5.41, 5.74) is 1.34. The summed E-state index contributed by atoms with van der Waals surface area (Å²) in [5, 5.41) is 3.05. The number of rotatable bonds is 8. The van der Waals surface area contributed by atoms with Crippen molar-refractivity contribution in [3.05, 3.63) is 53.1 Å². The van der Waals surface area contributed by atoms with Crippen molar-refractivity contribution in [3.63, 3.8) is 0 Å². The Kier molecular flexibility index (Phi) is 7.49. The number of esters is 1. The molecule has 2 rings (SSSR count). The molecular formula is C20H22ClNO5. The standard InChI is InChI=1S/C20H22ClNO5/c1-13(20(24)22-18-7-5-4-6-17(18)21)27-19(23)9-8-14-10-15(25-2)12-16(11-14)26-3/h4-7,10-13H,8-9H2,1-3H3,(H,22,24)/t13-/m1/s1. The molecule has 7 heteroatoms. The van der Waals surface area contributed by atoms with Gasteiger partial charge in [0.2, 0.25) is 0 Å². The number of carbonyl (C=O) groups is 2. The van der Waals surface area contributed by atoms with Gasteiger partial charge in [0.05, 0.1) is 24.9 Å². The fraction of sp³-hybridized carbons (Fsp3) is 0.300. The van der Waals surface area contributed by atoms with Gasteiger partial charge in [-0.05, 0) is 43.2 Å². The van der Waals surface area contributed by atoms with Gasteiger partial charge < -0.3 is 19.5 Å². The van der Waals surface area contributed by atoms with Crippen molar-refractivity contribution in [1.82, 2.24) is 0 Å². The van der Waals surface area contributed by atoms with E-state index < -0.39 is 18.0 Å². The van der Waals surface area contributed by atoms with Gasteiger partial charge in [0.15, 0.2) is 6.10 Å². The third-order valence-electron chi connectivity index (χ3n) is 3.84. The summed E-state index contributed by atoms with van der Waals surface area (Å²) in [7, 11) is 3.12. The van der Waals surface area contributed by atoms with Crippen LogP contribution in [0.3, 0.4) is 0 Å². The zero-order valence-electron chi connectivity index (χ0n) is 15.5. The minimum Gasteiger partial charge on any atom is -0.497 e. The van der Waals surface area contributed by atoms with Gasteiger partial charge in [0, 0.05) is 12.5 Å². The Balaban J connectivity index is 1.88. The summed E-state index contributed by atoms with van der Waals surface area (Å²) < 4.78 is 15.6. The number of anilines is 1. The number of methoxy groups -OCH3 is 2. The van der Waals surface area contributed by atoms with E-state index in [0.717, 1.165) is 5.56 Å². The molecule has 144 valence electrons. The second kappa shape index (κ2) is 9.83. The van der Waals surface area contributed by atoms with Crippen molar-refractivity contribution in [2.75, 3.05) is 19.5 Å². The molecular weight excluding hydrogens is 370 g/mol. The third-order valence-corrected chi connectivity index (χ3v) is 4.17. The average Bonchev–Trinajstić information content (AvgIpc) is 2.67. The van der Waals surface area contributed by atoms with Crippen LogP contribution in [-0.2, 0) is 20.7 Å². The summed E-state index contributed by atoms with van der Waals surface area (Å²) in [6.07, 6.45) is -0.376. The number of ether oxygens (including phenoxy) is 3. The van der Waals surface area contributed by atoms with Crippen molar-refractivity contribution in [2.45, 2.75) is 25.9 Å². The molecule has 2 aromatic rings. The van der Waals surface area contributed by atoms with Gasteiger partial charge >= 0.3 is 5.97 Å². The van der Waals surface area contributed by atoms with Crippen molar-refractivity contribution < 1.29 is 23.8 Å². The fourth-order valence-corrected chi connectivity index (χ4v) is 2.55. The SMILES string of the molecule is COc1cc(CCC(=O)O[C@H](C)C(=O)Nc2ccccc2Cl)cc(OC)c1. The van der Waals surface area contributed by atoms with Gasteiger partial charge in [0.25, 0.3) is 5.91 Å². The minimum absolute atomic E-state index is 0.125. The van der Waals surface area contributed by atoms with Crippen LogP contribution in [0, 0.1) is 0 Å². The predicted molar refractivity (Wildman–Crippen MR) is 104 cm³/mol. The smallest absolute Gasteiger partial charge is 0.306 e. The van der Waals surface area contributed by atoms with Gasteiger partial charge in [-0.15, -0.1) is 0 Å². The molecule has 27 heavy (non-hydrogen) atoms. The Morgan fingerprint density at radius 3 is 2.30 bits per heavy atom. The third kappa shape index (κ3) is 6.18. The molecule has 0 aliphatic carbocycles. The highest BCUT2D eigenvalue weighted by molar-refractivity contribution is 6.33. The lowest BCUT2D eigenvalue weighted by Gasteiger charge is -2.14. The highest BCUT2D eigenvalue weighted by atomic mass is 35.5. The normalized spacial score (nSPS) is 11.4. The van der Waals surface area contributed by atoms with E-state index in [0.29, 0.717) is 28.6 Å². The molecule has 1 N–H and O–H groups in total. The van der Waals surface area contributed by atoms with Crippen LogP contribution in [0.1, 0.15) is 18.9 Å². The molecule has 0 heterocycles. The molecule has 2 aromatic carbocycles. The first-order chi connectivity index (χ1) is 12.9. The first-order valence-electron chi connectivity index (χ1n) is 8.39. The number of hydrogen-bond acceptors (Lipinski definition) is 5. The second-order valence-electron chi connectivity index (χ2n) is 5.82. The number of benzene rings is 2. The van der Waals surface area contributed by atoms with E-state index in [1.54, 1.807) is 44.6 Å². The average molecular weight is 392 g/mol. The Labute approximate surface area is 163 Å². The maximum atomic E-state index is 12.2. The van der Waals surface area contributed by atoms with E-state index in [1.165, 1.54) is 6.92 Å². The molecule has 0 saturated carbocycles. The van der Waals surface area contributed by atoms with Crippen molar-refractivity contribution in [2.24, 2.45) is 0 Å². The molecule has 6 nitrogen and oxygen atoms in total. The maximum absolute atomic E-state index is 12.2. The summed E-state index contributed by atoms with van der Waals surface area (Å²) in [4.78, 5) is 24.2. The molecule has 0 bridgehead atoms. The van der Waals surface area contributed by atoms with Crippen LogP contribution >= 0.6 is 11.6 Å². The Bertz CT molecular complexity index is 786. The van der Waals surface area contributed by atoms with E-state index in [-0.39, 0.29) is 6.42 Å². The topological polar surface area (TPSA) is 73.9 Å². The van der Waals surface area contributed by atoms with Crippen molar-refractivity contribution >= 4 is 29.2 Å². The highest BCUT2D eigenvalue weighted by Gasteiger charge is 2.18. The molecule has 0 aliphatic heterocycles. The van der Waals surface area contributed by atoms with E-state index >= 15 is 0 Å². The Morgan fingerprint density at radius 2 is 1.70 bits per heavy atom. The second-order valence-corrected chi connectivity index (χ2v) is 6.23. The number of carbonyl (C=O) groups excluding carboxylic acids is 2. The Morgan fingerprint density at radius 1 is 1.07 bits per heavy atom. The first-order valence-corrected chi connectivity index (χ1v) is 8.77. The number of amides is 1. The molecule has 1 atom stereocenters. The fourth-order valence-electron chi connectivity index (χ4n) is 2.36. The molecule has 0 saturated heterocycles. The molecule has 0 aromatic heterocycles. The van der Waals surface area contributed by atoms with Gasteiger partial charge in [-0.2, -0.15) is 0 Å². The molecule has 0 fully saturated rings. The summed E-state index contributed by atoms with van der Waals surface area (Å²) in [5.74, 6) is 0.369. The number of halogens is 1. The molecule has 1 amide bonds. The number of para-hydroxylation sites is 1. The lowest BCUT2D eigenvalue weighted by molar-refractivity contribution is -0.153. The number of hydrogen-bond donors (Lipinski definition) is 1. The minimum atomic E-state index is -0.936. The number of nitrogens with one attached hydrogen (secondary N) is 1. The van der Waals surface area contributed by atoms with Crippen LogP contribution in [0.5, 0.6) is 11.5 Å². The largest absolute Gasteiger partial charge is 0.497 e. The van der Waals surface area contributed by atoms with Gasteiger partial charge in [-0.1, -0.05) is 23.7 Å². The first kappa shape index (κ1) is 20.6. The van der Waals surface area contributed by atoms with E-state index in [4.69, 9.17) is 25.8 Å². The van der Waals surface area contributed by atoms with Gasteiger partial charge in [0.1, 0.15) is 11.5 Å². The van der Waals surface area contributed by atoms with Gasteiger partial charge in [-0.25, -0.2) is 0 Å². The lowest BCUT2D eigenvalue weighted by atomic mass is 10.1. The molecule has 0 unspecified atom stereocenters. The zero-order valence-corrected chi connectivity index (χ0v) is 16.2. The quantitative estimate of drug-likeness (QED) is 0.691. The monoisotopic (exact) mass is 391 g/mol. The molecule has 0 spiro atoms. The Hall–Kier alpha value is -2.73. The van der Waals surface area contributed by atoms with Crippen LogP contribution < -0.4 is 14.8 Å². The van der Waals surface area contributed by atoms with Crippen LogP contribution in [0.25, 0.3) is 0 Å². The van der Waals surface area contributed by atoms with Gasteiger partial charge in [-0.3, -0.25) is 9.59 Å². The molecule has 0 radical (unpaired) electrons. The molecule has 0 aliphatic rings.